The first kappa shape index (κ1) is 17.1. The van der Waals surface area contributed by atoms with Crippen molar-refractivity contribution in [2.45, 2.75) is 20.4 Å². The molecular formula is C20H22N4OS. The van der Waals surface area contributed by atoms with E-state index in [1.165, 1.54) is 0 Å². The fourth-order valence-corrected chi connectivity index (χ4v) is 4.26. The van der Waals surface area contributed by atoms with Crippen molar-refractivity contribution in [1.29, 1.82) is 0 Å². The van der Waals surface area contributed by atoms with Gasteiger partial charge in [0.05, 0.1) is 22.5 Å². The molecule has 1 saturated heterocycles. The predicted molar refractivity (Wildman–Crippen MR) is 107 cm³/mol. The Labute approximate surface area is 157 Å². The number of nitrogens with zero attached hydrogens (tertiary/aromatic N) is 4. The molecule has 1 aliphatic rings. The molecule has 1 fully saturated rings. The Kier molecular flexibility index (Phi) is 4.68. The summed E-state index contributed by atoms with van der Waals surface area (Å²) < 4.78 is 1.91. The van der Waals surface area contributed by atoms with Crippen LogP contribution in [0.25, 0.3) is 22.2 Å². The third-order valence-corrected chi connectivity index (χ3v) is 5.73. The Morgan fingerprint density at radius 3 is 2.73 bits per heavy atom. The average Bonchev–Trinajstić information content (AvgIpc) is 3.08. The van der Waals surface area contributed by atoms with E-state index in [1.807, 2.05) is 64.8 Å². The molecule has 0 aliphatic carbocycles. The number of aromatic nitrogens is 3. The lowest BCUT2D eigenvalue weighted by Crippen LogP contribution is -2.38. The first-order chi connectivity index (χ1) is 12.7. The minimum absolute atomic E-state index is 0.102. The zero-order valence-electron chi connectivity index (χ0n) is 15.1. The molecule has 1 aromatic carbocycles. The van der Waals surface area contributed by atoms with Crippen LogP contribution in [0.4, 0.5) is 0 Å². The molecule has 4 rings (SSSR count). The van der Waals surface area contributed by atoms with E-state index in [4.69, 9.17) is 4.98 Å². The predicted octanol–water partition coefficient (Wildman–Crippen LogP) is 3.62. The van der Waals surface area contributed by atoms with E-state index < -0.39 is 0 Å². The fourth-order valence-electron chi connectivity index (χ4n) is 3.36. The molecule has 3 aromatic rings. The van der Waals surface area contributed by atoms with Gasteiger partial charge < -0.3 is 4.90 Å². The van der Waals surface area contributed by atoms with E-state index in [0.29, 0.717) is 0 Å². The lowest BCUT2D eigenvalue weighted by Gasteiger charge is -2.27. The van der Waals surface area contributed by atoms with Crippen molar-refractivity contribution >= 4 is 28.6 Å². The van der Waals surface area contributed by atoms with Gasteiger partial charge in [-0.1, -0.05) is 18.2 Å². The lowest BCUT2D eigenvalue weighted by atomic mass is 10.0. The molecule has 26 heavy (non-hydrogen) atoms. The Bertz CT molecular complexity index is 960. The number of amides is 1. The third kappa shape index (κ3) is 3.09. The van der Waals surface area contributed by atoms with E-state index in [2.05, 4.69) is 12.0 Å². The molecule has 0 radical (unpaired) electrons. The number of hydrogen-bond acceptors (Lipinski definition) is 4. The quantitative estimate of drug-likeness (QED) is 0.710. The second kappa shape index (κ2) is 7.11. The Morgan fingerprint density at radius 2 is 2.00 bits per heavy atom. The molecule has 3 heterocycles. The SMILES string of the molecule is CCn1cc(-c2cc(C(=O)N3CCSCC3)c3ccccc3n2)c(C)n1. The Morgan fingerprint density at radius 1 is 1.23 bits per heavy atom. The number of carbonyl (C=O) groups excluding carboxylic acids is 1. The van der Waals surface area contributed by atoms with Crippen LogP contribution in [0, 0.1) is 6.92 Å². The highest BCUT2D eigenvalue weighted by Gasteiger charge is 2.22. The van der Waals surface area contributed by atoms with Crippen LogP contribution < -0.4 is 0 Å². The monoisotopic (exact) mass is 366 g/mol. The molecule has 2 aromatic heterocycles. The highest BCUT2D eigenvalue weighted by atomic mass is 32.2. The van der Waals surface area contributed by atoms with Crippen molar-refractivity contribution in [3.63, 3.8) is 0 Å². The number of aryl methyl sites for hydroxylation is 2. The summed E-state index contributed by atoms with van der Waals surface area (Å²) in [5, 5.41) is 5.45. The van der Waals surface area contributed by atoms with Gasteiger partial charge in [-0.25, -0.2) is 4.98 Å². The number of benzene rings is 1. The molecule has 0 unspecified atom stereocenters. The number of thioether (sulfide) groups is 1. The fraction of sp³-hybridized carbons (Fsp3) is 0.350. The summed E-state index contributed by atoms with van der Waals surface area (Å²) in [6.45, 7) is 6.48. The Balaban J connectivity index is 1.85. The van der Waals surface area contributed by atoms with Gasteiger partial charge in [0.15, 0.2) is 0 Å². The minimum atomic E-state index is 0.102. The molecule has 1 amide bonds. The van der Waals surface area contributed by atoms with Gasteiger partial charge in [-0.3, -0.25) is 9.48 Å². The molecule has 0 bridgehead atoms. The van der Waals surface area contributed by atoms with Gasteiger partial charge in [0.2, 0.25) is 0 Å². The van der Waals surface area contributed by atoms with Crippen molar-refractivity contribution < 1.29 is 4.79 Å². The van der Waals surface area contributed by atoms with E-state index in [0.717, 1.165) is 64.6 Å². The Hall–Kier alpha value is -2.34. The van der Waals surface area contributed by atoms with Crippen LogP contribution in [0.3, 0.4) is 0 Å². The molecule has 134 valence electrons. The van der Waals surface area contributed by atoms with E-state index in [-0.39, 0.29) is 5.91 Å². The summed E-state index contributed by atoms with van der Waals surface area (Å²) in [7, 11) is 0. The van der Waals surface area contributed by atoms with Crippen LogP contribution >= 0.6 is 11.8 Å². The molecule has 0 spiro atoms. The standard InChI is InChI=1S/C20H22N4OS/c1-3-24-13-17(14(2)22-24)19-12-16(15-6-4-5-7-18(15)21-19)20(25)23-8-10-26-11-9-23/h4-7,12-13H,3,8-11H2,1-2H3. The summed E-state index contributed by atoms with van der Waals surface area (Å²) in [6.07, 6.45) is 2.01. The molecule has 6 heteroatoms. The van der Waals surface area contributed by atoms with Crippen LogP contribution in [-0.2, 0) is 6.54 Å². The maximum absolute atomic E-state index is 13.2. The van der Waals surface area contributed by atoms with Gasteiger partial charge in [0.1, 0.15) is 0 Å². The molecular weight excluding hydrogens is 344 g/mol. The largest absolute Gasteiger partial charge is 0.337 e. The maximum Gasteiger partial charge on any atom is 0.254 e. The van der Waals surface area contributed by atoms with E-state index >= 15 is 0 Å². The van der Waals surface area contributed by atoms with Gasteiger partial charge in [0, 0.05) is 48.3 Å². The van der Waals surface area contributed by atoms with Crippen LogP contribution in [0.2, 0.25) is 0 Å². The minimum Gasteiger partial charge on any atom is -0.337 e. The van der Waals surface area contributed by atoms with Crippen LogP contribution in [0.1, 0.15) is 23.0 Å². The topological polar surface area (TPSA) is 51.0 Å². The number of fused-ring (bicyclic) bond motifs is 1. The number of para-hydroxylation sites is 1. The lowest BCUT2D eigenvalue weighted by molar-refractivity contribution is 0.0774. The van der Waals surface area contributed by atoms with E-state index in [1.54, 1.807) is 0 Å². The second-order valence-electron chi connectivity index (χ2n) is 6.46. The molecule has 0 N–H and O–H groups in total. The summed E-state index contributed by atoms with van der Waals surface area (Å²) in [5.41, 5.74) is 4.32. The van der Waals surface area contributed by atoms with Gasteiger partial charge >= 0.3 is 0 Å². The third-order valence-electron chi connectivity index (χ3n) is 4.79. The van der Waals surface area contributed by atoms with E-state index in [9.17, 15) is 4.79 Å². The zero-order chi connectivity index (χ0) is 18.1. The van der Waals surface area contributed by atoms with Crippen LogP contribution in [-0.4, -0.2) is 50.2 Å². The summed E-state index contributed by atoms with van der Waals surface area (Å²) >= 11 is 1.90. The second-order valence-corrected chi connectivity index (χ2v) is 7.69. The highest BCUT2D eigenvalue weighted by Crippen LogP contribution is 2.28. The van der Waals surface area contributed by atoms with Crippen molar-refractivity contribution in [2.75, 3.05) is 24.6 Å². The molecule has 0 saturated carbocycles. The average molecular weight is 366 g/mol. The number of pyridine rings is 1. The van der Waals surface area contributed by atoms with Crippen molar-refractivity contribution in [2.24, 2.45) is 0 Å². The first-order valence-electron chi connectivity index (χ1n) is 8.98. The summed E-state index contributed by atoms with van der Waals surface area (Å²) in [4.78, 5) is 20.0. The van der Waals surface area contributed by atoms with Gasteiger partial charge in [-0.05, 0) is 26.0 Å². The number of hydrogen-bond donors (Lipinski definition) is 0. The van der Waals surface area contributed by atoms with Gasteiger partial charge in [-0.2, -0.15) is 16.9 Å². The molecule has 1 aliphatic heterocycles. The van der Waals surface area contributed by atoms with Crippen molar-refractivity contribution in [3.05, 3.63) is 47.8 Å². The smallest absolute Gasteiger partial charge is 0.254 e. The molecule has 0 atom stereocenters. The highest BCUT2D eigenvalue weighted by molar-refractivity contribution is 7.99. The van der Waals surface area contributed by atoms with Gasteiger partial charge in [0.25, 0.3) is 5.91 Å². The maximum atomic E-state index is 13.2. The van der Waals surface area contributed by atoms with Gasteiger partial charge in [-0.15, -0.1) is 0 Å². The van der Waals surface area contributed by atoms with Crippen LogP contribution in [0.15, 0.2) is 36.5 Å². The number of rotatable bonds is 3. The van der Waals surface area contributed by atoms with Crippen molar-refractivity contribution in [1.82, 2.24) is 19.7 Å². The normalized spacial score (nSPS) is 14.8. The number of carbonyl (C=O) groups is 1. The zero-order valence-corrected chi connectivity index (χ0v) is 15.9. The summed E-state index contributed by atoms with van der Waals surface area (Å²) in [5.74, 6) is 2.11. The molecule has 5 nitrogen and oxygen atoms in total. The first-order valence-corrected chi connectivity index (χ1v) is 10.1. The van der Waals surface area contributed by atoms with Crippen LogP contribution in [0.5, 0.6) is 0 Å². The summed E-state index contributed by atoms with van der Waals surface area (Å²) in [6, 6.07) is 9.83. The van der Waals surface area contributed by atoms with Crippen molar-refractivity contribution in [3.8, 4) is 11.3 Å².